The molecule has 1 aliphatic rings. The molecule has 0 amide bonds. The van der Waals surface area contributed by atoms with Crippen LogP contribution in [0.25, 0.3) is 11.0 Å². The van der Waals surface area contributed by atoms with Crippen LogP contribution >= 0.6 is 24.8 Å². The van der Waals surface area contributed by atoms with E-state index in [4.69, 9.17) is 0 Å². The minimum Gasteiger partial charge on any atom is -0.326 e. The molecule has 3 nitrogen and oxygen atoms in total. The van der Waals surface area contributed by atoms with Gasteiger partial charge in [0.1, 0.15) is 5.82 Å². The van der Waals surface area contributed by atoms with Crippen molar-refractivity contribution in [2.75, 3.05) is 6.54 Å². The molecule has 0 saturated carbocycles. The summed E-state index contributed by atoms with van der Waals surface area (Å²) in [6.07, 6.45) is 0. The van der Waals surface area contributed by atoms with E-state index in [0.29, 0.717) is 0 Å². The lowest BCUT2D eigenvalue weighted by Gasteiger charge is -2.15. The van der Waals surface area contributed by atoms with Crippen LogP contribution < -0.4 is 5.32 Å². The molecule has 5 heteroatoms. The summed E-state index contributed by atoms with van der Waals surface area (Å²) in [5.74, 6) is 1.16. The van der Waals surface area contributed by atoms with Gasteiger partial charge in [0.15, 0.2) is 0 Å². The largest absolute Gasteiger partial charge is 0.326 e. The van der Waals surface area contributed by atoms with Gasteiger partial charge < -0.3 is 9.88 Å². The van der Waals surface area contributed by atoms with Crippen LogP contribution in [0.15, 0.2) is 24.3 Å². The highest BCUT2D eigenvalue weighted by molar-refractivity contribution is 5.85. The van der Waals surface area contributed by atoms with Gasteiger partial charge in [-0.1, -0.05) is 12.1 Å². The van der Waals surface area contributed by atoms with E-state index in [1.807, 2.05) is 6.07 Å². The number of imidazole rings is 1. The number of hydrogen-bond acceptors (Lipinski definition) is 2. The van der Waals surface area contributed by atoms with Crippen LogP contribution in [-0.4, -0.2) is 16.1 Å². The Morgan fingerprint density at radius 3 is 2.87 bits per heavy atom. The Bertz CT molecular complexity index is 453. The number of benzene rings is 1. The lowest BCUT2D eigenvalue weighted by Crippen LogP contribution is -2.28. The summed E-state index contributed by atoms with van der Waals surface area (Å²) in [5.41, 5.74) is 2.38. The van der Waals surface area contributed by atoms with E-state index >= 15 is 0 Å². The summed E-state index contributed by atoms with van der Waals surface area (Å²) in [7, 11) is 0. The number of halogens is 2. The minimum absolute atomic E-state index is 0. The van der Waals surface area contributed by atoms with Crippen molar-refractivity contribution < 1.29 is 0 Å². The second kappa shape index (κ2) is 4.84. The van der Waals surface area contributed by atoms with Gasteiger partial charge in [-0.15, -0.1) is 24.8 Å². The molecule has 0 spiro atoms. The zero-order chi connectivity index (χ0) is 8.67. The van der Waals surface area contributed by atoms with Crippen molar-refractivity contribution in [3.63, 3.8) is 0 Å². The number of rotatable bonds is 0. The van der Waals surface area contributed by atoms with E-state index in [1.165, 1.54) is 5.52 Å². The Hall–Kier alpha value is -0.770. The SMILES string of the molecule is Cl.Cl.c1ccc2c(c1)nc1n2CCNC1. The second-order valence-corrected chi connectivity index (χ2v) is 3.35. The Morgan fingerprint density at radius 2 is 2.00 bits per heavy atom. The fourth-order valence-electron chi connectivity index (χ4n) is 1.90. The molecule has 0 bridgehead atoms. The van der Waals surface area contributed by atoms with Gasteiger partial charge in [-0.05, 0) is 12.1 Å². The van der Waals surface area contributed by atoms with Crippen molar-refractivity contribution in [2.24, 2.45) is 0 Å². The Kier molecular flexibility index (Phi) is 3.97. The van der Waals surface area contributed by atoms with E-state index in [0.717, 1.165) is 31.0 Å². The molecular weight excluding hydrogens is 233 g/mol. The summed E-state index contributed by atoms with van der Waals surface area (Å²) in [4.78, 5) is 4.55. The summed E-state index contributed by atoms with van der Waals surface area (Å²) in [6, 6.07) is 8.31. The number of hydrogen-bond donors (Lipinski definition) is 1. The average Bonchev–Trinajstić information content (AvgIpc) is 2.56. The number of fused-ring (bicyclic) bond motifs is 3. The third-order valence-corrected chi connectivity index (χ3v) is 2.53. The van der Waals surface area contributed by atoms with Crippen molar-refractivity contribution >= 4 is 35.8 Å². The first-order chi connectivity index (χ1) is 6.45. The van der Waals surface area contributed by atoms with Gasteiger partial charge in [0, 0.05) is 13.1 Å². The lowest BCUT2D eigenvalue weighted by molar-refractivity contribution is 0.514. The molecular formula is C10H13Cl2N3. The van der Waals surface area contributed by atoms with Crippen molar-refractivity contribution in [3.8, 4) is 0 Å². The van der Waals surface area contributed by atoms with E-state index in [2.05, 4.69) is 33.1 Å². The molecule has 2 aromatic rings. The van der Waals surface area contributed by atoms with Gasteiger partial charge in [0.25, 0.3) is 0 Å². The van der Waals surface area contributed by atoms with Gasteiger partial charge in [-0.25, -0.2) is 4.98 Å². The standard InChI is InChI=1S/C10H11N3.2ClH/c1-2-4-9-8(3-1)12-10-7-11-5-6-13(9)10;;/h1-4,11H,5-7H2;2*1H. The molecule has 0 fully saturated rings. The maximum absolute atomic E-state index is 4.55. The molecule has 82 valence electrons. The molecule has 0 aliphatic carbocycles. The second-order valence-electron chi connectivity index (χ2n) is 3.35. The lowest BCUT2D eigenvalue weighted by atomic mass is 10.3. The van der Waals surface area contributed by atoms with Crippen LogP contribution in [0, 0.1) is 0 Å². The molecule has 15 heavy (non-hydrogen) atoms. The highest BCUT2D eigenvalue weighted by Gasteiger charge is 2.12. The van der Waals surface area contributed by atoms with Crippen LogP contribution in [0.3, 0.4) is 0 Å². The summed E-state index contributed by atoms with van der Waals surface area (Å²) in [6.45, 7) is 2.98. The first-order valence-corrected chi connectivity index (χ1v) is 4.60. The fraction of sp³-hybridized carbons (Fsp3) is 0.300. The molecule has 0 atom stereocenters. The molecule has 1 N–H and O–H groups in total. The Morgan fingerprint density at radius 1 is 1.20 bits per heavy atom. The third kappa shape index (κ3) is 1.95. The van der Waals surface area contributed by atoms with Gasteiger partial charge in [-0.3, -0.25) is 0 Å². The fourth-order valence-corrected chi connectivity index (χ4v) is 1.90. The summed E-state index contributed by atoms with van der Waals surface area (Å²) >= 11 is 0. The third-order valence-electron chi connectivity index (χ3n) is 2.53. The zero-order valence-electron chi connectivity index (χ0n) is 8.14. The van der Waals surface area contributed by atoms with Gasteiger partial charge in [0.05, 0.1) is 17.6 Å². The van der Waals surface area contributed by atoms with E-state index in [-0.39, 0.29) is 24.8 Å². The number of nitrogens with zero attached hydrogens (tertiary/aromatic N) is 2. The normalized spacial score (nSPS) is 13.9. The maximum Gasteiger partial charge on any atom is 0.123 e. The van der Waals surface area contributed by atoms with Crippen LogP contribution in [0.2, 0.25) is 0 Å². The van der Waals surface area contributed by atoms with E-state index < -0.39 is 0 Å². The Balaban J connectivity index is 0.000000562. The molecule has 0 saturated heterocycles. The first kappa shape index (κ1) is 12.3. The Labute approximate surface area is 101 Å². The maximum atomic E-state index is 4.55. The van der Waals surface area contributed by atoms with Gasteiger partial charge in [-0.2, -0.15) is 0 Å². The van der Waals surface area contributed by atoms with Crippen LogP contribution in [0.1, 0.15) is 5.82 Å². The monoisotopic (exact) mass is 245 g/mol. The zero-order valence-corrected chi connectivity index (χ0v) is 9.77. The number of aromatic nitrogens is 2. The average molecular weight is 246 g/mol. The van der Waals surface area contributed by atoms with Crippen LogP contribution in [0.5, 0.6) is 0 Å². The van der Waals surface area contributed by atoms with Gasteiger partial charge in [0.2, 0.25) is 0 Å². The number of nitrogens with one attached hydrogen (secondary N) is 1. The van der Waals surface area contributed by atoms with Crippen molar-refractivity contribution in [3.05, 3.63) is 30.1 Å². The predicted octanol–water partition coefficient (Wildman–Crippen LogP) is 1.98. The van der Waals surface area contributed by atoms with Crippen LogP contribution in [-0.2, 0) is 13.1 Å². The van der Waals surface area contributed by atoms with Crippen molar-refractivity contribution in [1.82, 2.24) is 14.9 Å². The first-order valence-electron chi connectivity index (χ1n) is 4.60. The van der Waals surface area contributed by atoms with E-state index in [9.17, 15) is 0 Å². The molecule has 0 radical (unpaired) electrons. The molecule has 2 heterocycles. The summed E-state index contributed by atoms with van der Waals surface area (Å²) in [5, 5.41) is 3.32. The van der Waals surface area contributed by atoms with Crippen molar-refractivity contribution in [1.29, 1.82) is 0 Å². The molecule has 0 unspecified atom stereocenters. The quantitative estimate of drug-likeness (QED) is 0.770. The topological polar surface area (TPSA) is 29.9 Å². The number of para-hydroxylation sites is 2. The molecule has 1 aromatic heterocycles. The van der Waals surface area contributed by atoms with Crippen LogP contribution in [0.4, 0.5) is 0 Å². The predicted molar refractivity (Wildman–Crippen MR) is 65.9 cm³/mol. The van der Waals surface area contributed by atoms with E-state index in [1.54, 1.807) is 0 Å². The molecule has 3 rings (SSSR count). The molecule has 1 aromatic carbocycles. The smallest absolute Gasteiger partial charge is 0.123 e. The highest BCUT2D eigenvalue weighted by Crippen LogP contribution is 2.16. The highest BCUT2D eigenvalue weighted by atomic mass is 35.5. The van der Waals surface area contributed by atoms with Crippen molar-refractivity contribution in [2.45, 2.75) is 13.1 Å². The summed E-state index contributed by atoms with van der Waals surface area (Å²) < 4.78 is 2.30. The molecule has 1 aliphatic heterocycles. The van der Waals surface area contributed by atoms with Gasteiger partial charge >= 0.3 is 0 Å². The minimum atomic E-state index is 0.